The van der Waals surface area contributed by atoms with Crippen LogP contribution < -0.4 is 5.56 Å². The molecule has 5 nitrogen and oxygen atoms in total. The van der Waals surface area contributed by atoms with Crippen molar-refractivity contribution in [1.82, 2.24) is 19.7 Å². The second-order valence-electron chi connectivity index (χ2n) is 4.85. The Morgan fingerprint density at radius 1 is 1.27 bits per heavy atom. The molecule has 3 aromatic rings. The summed E-state index contributed by atoms with van der Waals surface area (Å²) in [5.74, 6) is 0.378. The van der Waals surface area contributed by atoms with Crippen molar-refractivity contribution in [2.75, 3.05) is 0 Å². The van der Waals surface area contributed by atoms with Crippen molar-refractivity contribution < 1.29 is 13.2 Å². The number of fused-ring (bicyclic) bond motifs is 1. The number of alkyl halides is 3. The molecular weight excluding hydrogens is 297 g/mol. The van der Waals surface area contributed by atoms with E-state index in [0.29, 0.717) is 5.82 Å². The predicted octanol–water partition coefficient (Wildman–Crippen LogP) is 2.50. The maximum atomic E-state index is 13.0. The van der Waals surface area contributed by atoms with Crippen molar-refractivity contribution >= 4 is 11.0 Å². The van der Waals surface area contributed by atoms with E-state index < -0.39 is 11.7 Å². The van der Waals surface area contributed by atoms with Crippen molar-refractivity contribution in [2.24, 2.45) is 0 Å². The molecule has 0 aliphatic heterocycles. The molecule has 0 saturated carbocycles. The molecule has 0 aliphatic rings. The largest absolute Gasteiger partial charge is 0.416 e. The summed E-state index contributed by atoms with van der Waals surface area (Å²) in [6.07, 6.45) is -3.14. The van der Waals surface area contributed by atoms with Gasteiger partial charge in [0, 0.05) is 0 Å². The van der Waals surface area contributed by atoms with Gasteiger partial charge in [0.05, 0.1) is 18.3 Å². The molecule has 3 rings (SSSR count). The second-order valence-corrected chi connectivity index (χ2v) is 4.85. The second kappa shape index (κ2) is 4.97. The molecule has 0 unspecified atom stereocenters. The lowest BCUT2D eigenvalue weighted by Gasteiger charge is -2.12. The van der Waals surface area contributed by atoms with Crippen LogP contribution in [0.2, 0.25) is 0 Å². The van der Waals surface area contributed by atoms with Crippen molar-refractivity contribution in [3.8, 4) is 0 Å². The third-order valence-corrected chi connectivity index (χ3v) is 3.27. The number of H-pyrrole nitrogens is 1. The Morgan fingerprint density at radius 3 is 2.73 bits per heavy atom. The zero-order chi connectivity index (χ0) is 15.9. The van der Waals surface area contributed by atoms with Gasteiger partial charge in [-0.05, 0) is 18.6 Å². The Bertz CT molecular complexity index is 895. The van der Waals surface area contributed by atoms with Crippen LogP contribution in [0, 0.1) is 6.92 Å². The van der Waals surface area contributed by atoms with E-state index in [2.05, 4.69) is 15.1 Å². The van der Waals surface area contributed by atoms with Crippen LogP contribution in [-0.2, 0) is 12.7 Å². The van der Waals surface area contributed by atoms with Crippen molar-refractivity contribution in [1.29, 1.82) is 0 Å². The zero-order valence-corrected chi connectivity index (χ0v) is 11.5. The number of rotatable bonds is 2. The van der Waals surface area contributed by atoms with Crippen molar-refractivity contribution in [3.05, 3.63) is 57.8 Å². The van der Waals surface area contributed by atoms with Crippen LogP contribution in [0.4, 0.5) is 13.2 Å². The number of halogens is 3. The standard InChI is InChI=1S/C14H11F3N4O/c1-8-19-12-10(13(22)20-8)6-18-21(12)7-9-4-2-3-5-11(9)14(15,16)17/h2-6H,7H2,1H3,(H,19,20,22). The quantitative estimate of drug-likeness (QED) is 0.791. The maximum absolute atomic E-state index is 13.0. The Hall–Kier alpha value is -2.64. The zero-order valence-electron chi connectivity index (χ0n) is 11.5. The number of hydrogen-bond acceptors (Lipinski definition) is 3. The van der Waals surface area contributed by atoms with Crippen molar-refractivity contribution in [3.63, 3.8) is 0 Å². The van der Waals surface area contributed by atoms with Gasteiger partial charge in [0.25, 0.3) is 5.56 Å². The van der Waals surface area contributed by atoms with E-state index in [1.807, 2.05) is 0 Å². The van der Waals surface area contributed by atoms with E-state index in [1.165, 1.54) is 29.1 Å². The topological polar surface area (TPSA) is 63.6 Å². The van der Waals surface area contributed by atoms with Crippen LogP contribution in [0.5, 0.6) is 0 Å². The van der Waals surface area contributed by atoms with Gasteiger partial charge in [-0.25, -0.2) is 9.67 Å². The van der Waals surface area contributed by atoms with Crippen LogP contribution >= 0.6 is 0 Å². The van der Waals surface area contributed by atoms with Gasteiger partial charge < -0.3 is 4.98 Å². The van der Waals surface area contributed by atoms with Gasteiger partial charge in [0.1, 0.15) is 11.2 Å². The first-order valence-electron chi connectivity index (χ1n) is 6.44. The molecule has 1 aromatic carbocycles. The summed E-state index contributed by atoms with van der Waals surface area (Å²) in [4.78, 5) is 18.4. The minimum Gasteiger partial charge on any atom is -0.310 e. The average Bonchev–Trinajstić information content (AvgIpc) is 2.81. The monoisotopic (exact) mass is 308 g/mol. The summed E-state index contributed by atoms with van der Waals surface area (Å²) in [7, 11) is 0. The Balaban J connectivity index is 2.11. The van der Waals surface area contributed by atoms with E-state index >= 15 is 0 Å². The summed E-state index contributed by atoms with van der Waals surface area (Å²) in [6, 6.07) is 5.27. The summed E-state index contributed by atoms with van der Waals surface area (Å²) in [5.41, 5.74) is -0.754. The number of aromatic amines is 1. The number of hydrogen-bond donors (Lipinski definition) is 1. The molecule has 22 heavy (non-hydrogen) atoms. The van der Waals surface area contributed by atoms with Gasteiger partial charge in [-0.2, -0.15) is 18.3 Å². The number of nitrogens with zero attached hydrogens (tertiary/aromatic N) is 3. The van der Waals surface area contributed by atoms with E-state index in [4.69, 9.17) is 0 Å². The van der Waals surface area contributed by atoms with Gasteiger partial charge >= 0.3 is 6.18 Å². The van der Waals surface area contributed by atoms with Gasteiger partial charge in [-0.15, -0.1) is 0 Å². The fourth-order valence-electron chi connectivity index (χ4n) is 2.29. The molecule has 114 valence electrons. The first-order chi connectivity index (χ1) is 10.4. The lowest BCUT2D eigenvalue weighted by Crippen LogP contribution is -2.14. The molecular formula is C14H11F3N4O. The Kier molecular flexibility index (Phi) is 3.23. The SMILES string of the molecule is Cc1nc2c(cnn2Cc2ccccc2C(F)(F)F)c(=O)[nH]1. The van der Waals surface area contributed by atoms with Crippen molar-refractivity contribution in [2.45, 2.75) is 19.6 Å². The van der Waals surface area contributed by atoms with E-state index in [1.54, 1.807) is 6.92 Å². The van der Waals surface area contributed by atoms with Crippen LogP contribution in [0.3, 0.4) is 0 Å². The highest BCUT2D eigenvalue weighted by molar-refractivity contribution is 5.73. The summed E-state index contributed by atoms with van der Waals surface area (Å²) in [6.45, 7) is 1.48. The fourth-order valence-corrected chi connectivity index (χ4v) is 2.29. The molecule has 0 saturated heterocycles. The highest BCUT2D eigenvalue weighted by atomic mass is 19.4. The van der Waals surface area contributed by atoms with Crippen LogP contribution in [-0.4, -0.2) is 19.7 Å². The van der Waals surface area contributed by atoms with E-state index in [0.717, 1.165) is 6.07 Å². The highest BCUT2D eigenvalue weighted by Crippen LogP contribution is 2.32. The molecule has 2 aromatic heterocycles. The minimum atomic E-state index is -4.44. The summed E-state index contributed by atoms with van der Waals surface area (Å²) >= 11 is 0. The third-order valence-electron chi connectivity index (χ3n) is 3.27. The highest BCUT2D eigenvalue weighted by Gasteiger charge is 2.33. The maximum Gasteiger partial charge on any atom is 0.416 e. The summed E-state index contributed by atoms with van der Waals surface area (Å²) < 4.78 is 40.4. The molecule has 0 fully saturated rings. The van der Waals surface area contributed by atoms with Crippen LogP contribution in [0.1, 0.15) is 17.0 Å². The fraction of sp³-hybridized carbons (Fsp3) is 0.214. The molecule has 0 bridgehead atoms. The number of nitrogens with one attached hydrogen (secondary N) is 1. The lowest BCUT2D eigenvalue weighted by molar-refractivity contribution is -0.138. The van der Waals surface area contributed by atoms with Gasteiger partial charge in [0.15, 0.2) is 5.65 Å². The first-order valence-corrected chi connectivity index (χ1v) is 6.44. The normalized spacial score (nSPS) is 12.0. The van der Waals surface area contributed by atoms with E-state index in [-0.39, 0.29) is 28.7 Å². The number of benzene rings is 1. The molecule has 2 heterocycles. The summed E-state index contributed by atoms with van der Waals surface area (Å²) in [5, 5.41) is 4.23. The molecule has 0 amide bonds. The molecule has 0 aliphatic carbocycles. The number of aromatic nitrogens is 4. The van der Waals surface area contributed by atoms with Crippen LogP contribution in [0.25, 0.3) is 11.0 Å². The first kappa shape index (κ1) is 14.3. The molecule has 1 N–H and O–H groups in total. The Morgan fingerprint density at radius 2 is 2.00 bits per heavy atom. The van der Waals surface area contributed by atoms with E-state index in [9.17, 15) is 18.0 Å². The Labute approximate surface area is 122 Å². The average molecular weight is 308 g/mol. The smallest absolute Gasteiger partial charge is 0.310 e. The molecule has 0 atom stereocenters. The molecule has 8 heteroatoms. The number of aryl methyl sites for hydroxylation is 1. The van der Waals surface area contributed by atoms with Crippen LogP contribution in [0.15, 0.2) is 35.3 Å². The minimum absolute atomic E-state index is 0.0692. The molecule has 0 spiro atoms. The lowest BCUT2D eigenvalue weighted by atomic mass is 10.1. The molecule has 0 radical (unpaired) electrons. The third kappa shape index (κ3) is 2.47. The predicted molar refractivity (Wildman–Crippen MR) is 73.4 cm³/mol. The van der Waals surface area contributed by atoms with Gasteiger partial charge in [0.2, 0.25) is 0 Å². The van der Waals surface area contributed by atoms with Gasteiger partial charge in [-0.3, -0.25) is 4.79 Å². The van der Waals surface area contributed by atoms with Gasteiger partial charge in [-0.1, -0.05) is 18.2 Å².